The molecule has 6 nitrogen and oxygen atoms in total. The van der Waals surface area contributed by atoms with E-state index in [9.17, 15) is 4.79 Å². The van der Waals surface area contributed by atoms with Gasteiger partial charge in [0.15, 0.2) is 0 Å². The summed E-state index contributed by atoms with van der Waals surface area (Å²) in [4.78, 5) is 16.0. The van der Waals surface area contributed by atoms with Crippen LogP contribution in [0, 0.1) is 6.92 Å². The van der Waals surface area contributed by atoms with E-state index in [1.165, 1.54) is 0 Å². The number of carbonyl (C=O) groups excluding carboxylic acids is 1. The molecule has 2 heterocycles. The molecule has 2 aromatic rings. The molecule has 0 aliphatic carbocycles. The van der Waals surface area contributed by atoms with Gasteiger partial charge < -0.3 is 4.57 Å². The second-order valence-electron chi connectivity index (χ2n) is 4.09. The summed E-state index contributed by atoms with van der Waals surface area (Å²) >= 11 is 0. The molecule has 0 saturated heterocycles. The van der Waals surface area contributed by atoms with Gasteiger partial charge in [-0.3, -0.25) is 15.2 Å². The molecule has 17 heavy (non-hydrogen) atoms. The van der Waals surface area contributed by atoms with Gasteiger partial charge in [0, 0.05) is 12.2 Å². The predicted octanol–water partition coefficient (Wildman–Crippen LogP) is 1.75. The van der Waals surface area contributed by atoms with Crippen LogP contribution in [0.4, 0.5) is 5.95 Å². The quantitative estimate of drug-likeness (QED) is 0.848. The van der Waals surface area contributed by atoms with Gasteiger partial charge >= 0.3 is 0 Å². The first kappa shape index (κ1) is 11.4. The SMILES string of the molecule is Cc1nc(NC(=O)c2cccn2C(C)C)n[nH]1. The average molecular weight is 233 g/mol. The predicted molar refractivity (Wildman–Crippen MR) is 63.9 cm³/mol. The lowest BCUT2D eigenvalue weighted by Crippen LogP contribution is -2.18. The number of amides is 1. The van der Waals surface area contributed by atoms with Crippen LogP contribution in [-0.2, 0) is 0 Å². The second-order valence-corrected chi connectivity index (χ2v) is 4.09. The molecule has 0 radical (unpaired) electrons. The van der Waals surface area contributed by atoms with Gasteiger partial charge in [-0.25, -0.2) is 0 Å². The van der Waals surface area contributed by atoms with E-state index in [-0.39, 0.29) is 11.9 Å². The molecule has 0 aliphatic heterocycles. The zero-order chi connectivity index (χ0) is 12.4. The lowest BCUT2D eigenvalue weighted by atomic mass is 10.3. The van der Waals surface area contributed by atoms with Crippen LogP contribution in [0.5, 0.6) is 0 Å². The highest BCUT2D eigenvalue weighted by Crippen LogP contribution is 2.12. The molecule has 1 amide bonds. The van der Waals surface area contributed by atoms with Gasteiger partial charge in [-0.05, 0) is 32.9 Å². The Kier molecular flexibility index (Phi) is 2.95. The van der Waals surface area contributed by atoms with E-state index in [4.69, 9.17) is 0 Å². The summed E-state index contributed by atoms with van der Waals surface area (Å²) in [6.07, 6.45) is 1.88. The molecule has 2 rings (SSSR count). The van der Waals surface area contributed by atoms with E-state index in [1.54, 1.807) is 13.0 Å². The smallest absolute Gasteiger partial charge is 0.274 e. The van der Waals surface area contributed by atoms with Crippen LogP contribution in [0.25, 0.3) is 0 Å². The van der Waals surface area contributed by atoms with Crippen LogP contribution >= 0.6 is 0 Å². The Labute approximate surface area is 99.1 Å². The van der Waals surface area contributed by atoms with Crippen molar-refractivity contribution >= 4 is 11.9 Å². The van der Waals surface area contributed by atoms with E-state index < -0.39 is 0 Å². The number of hydrogen-bond donors (Lipinski definition) is 2. The Morgan fingerprint density at radius 2 is 2.29 bits per heavy atom. The zero-order valence-electron chi connectivity index (χ0n) is 10.1. The molecule has 0 aromatic carbocycles. The van der Waals surface area contributed by atoms with Crippen molar-refractivity contribution in [1.82, 2.24) is 19.7 Å². The lowest BCUT2D eigenvalue weighted by Gasteiger charge is -2.11. The molecule has 0 unspecified atom stereocenters. The van der Waals surface area contributed by atoms with Gasteiger partial charge in [0.1, 0.15) is 11.5 Å². The fourth-order valence-corrected chi connectivity index (χ4v) is 1.60. The van der Waals surface area contributed by atoms with Crippen molar-refractivity contribution < 1.29 is 4.79 Å². The van der Waals surface area contributed by atoms with Crippen molar-refractivity contribution in [3.63, 3.8) is 0 Å². The molecule has 0 saturated carbocycles. The van der Waals surface area contributed by atoms with Crippen LogP contribution in [0.15, 0.2) is 18.3 Å². The number of rotatable bonds is 3. The summed E-state index contributed by atoms with van der Waals surface area (Å²) in [5, 5.41) is 9.18. The Hall–Kier alpha value is -2.11. The summed E-state index contributed by atoms with van der Waals surface area (Å²) in [7, 11) is 0. The summed E-state index contributed by atoms with van der Waals surface area (Å²) in [6.45, 7) is 5.82. The monoisotopic (exact) mass is 233 g/mol. The summed E-state index contributed by atoms with van der Waals surface area (Å²) in [5.74, 6) is 0.756. The van der Waals surface area contributed by atoms with Crippen molar-refractivity contribution in [2.45, 2.75) is 26.8 Å². The van der Waals surface area contributed by atoms with Crippen molar-refractivity contribution in [3.8, 4) is 0 Å². The molecule has 2 aromatic heterocycles. The van der Waals surface area contributed by atoms with Gasteiger partial charge in [-0.2, -0.15) is 4.98 Å². The minimum atomic E-state index is -0.206. The molecular formula is C11H15N5O. The molecule has 0 aliphatic rings. The first-order valence-electron chi connectivity index (χ1n) is 5.45. The fourth-order valence-electron chi connectivity index (χ4n) is 1.60. The number of aromatic amines is 1. The zero-order valence-corrected chi connectivity index (χ0v) is 10.1. The molecule has 0 bridgehead atoms. The van der Waals surface area contributed by atoms with E-state index in [1.807, 2.05) is 30.7 Å². The number of aryl methyl sites for hydroxylation is 1. The Morgan fingerprint density at radius 1 is 1.53 bits per heavy atom. The third kappa shape index (κ3) is 2.35. The van der Waals surface area contributed by atoms with Crippen molar-refractivity contribution in [3.05, 3.63) is 29.8 Å². The van der Waals surface area contributed by atoms with Crippen molar-refractivity contribution in [2.24, 2.45) is 0 Å². The highest BCUT2D eigenvalue weighted by atomic mass is 16.2. The molecule has 90 valence electrons. The topological polar surface area (TPSA) is 75.6 Å². The summed E-state index contributed by atoms with van der Waals surface area (Å²) < 4.78 is 1.90. The highest BCUT2D eigenvalue weighted by Gasteiger charge is 2.14. The molecule has 0 spiro atoms. The van der Waals surface area contributed by atoms with E-state index >= 15 is 0 Å². The van der Waals surface area contributed by atoms with Gasteiger partial charge in [-0.15, -0.1) is 5.10 Å². The Bertz CT molecular complexity index is 525. The van der Waals surface area contributed by atoms with E-state index in [0.717, 1.165) is 0 Å². The third-order valence-corrected chi connectivity index (χ3v) is 2.39. The molecule has 6 heteroatoms. The van der Waals surface area contributed by atoms with Gasteiger partial charge in [0.25, 0.3) is 5.91 Å². The fraction of sp³-hybridized carbons (Fsp3) is 0.364. The minimum absolute atomic E-state index is 0.206. The van der Waals surface area contributed by atoms with Crippen LogP contribution in [0.2, 0.25) is 0 Å². The highest BCUT2D eigenvalue weighted by molar-refractivity contribution is 6.02. The number of aromatic nitrogens is 4. The van der Waals surface area contributed by atoms with Crippen LogP contribution in [-0.4, -0.2) is 25.7 Å². The maximum atomic E-state index is 12.0. The molecular weight excluding hydrogens is 218 g/mol. The van der Waals surface area contributed by atoms with Crippen LogP contribution in [0.3, 0.4) is 0 Å². The number of nitrogens with zero attached hydrogens (tertiary/aromatic N) is 3. The number of carbonyl (C=O) groups is 1. The standard InChI is InChI=1S/C11H15N5O/c1-7(2)16-6-4-5-9(16)10(17)13-11-12-8(3)14-15-11/h4-7H,1-3H3,(H2,12,13,14,15,17). The maximum Gasteiger partial charge on any atom is 0.274 e. The Morgan fingerprint density at radius 3 is 2.88 bits per heavy atom. The minimum Gasteiger partial charge on any atom is -0.341 e. The van der Waals surface area contributed by atoms with Gasteiger partial charge in [-0.1, -0.05) is 0 Å². The summed E-state index contributed by atoms with van der Waals surface area (Å²) in [5.41, 5.74) is 0.599. The summed E-state index contributed by atoms with van der Waals surface area (Å²) in [6, 6.07) is 3.85. The lowest BCUT2D eigenvalue weighted by molar-refractivity contribution is 0.101. The molecule has 0 atom stereocenters. The van der Waals surface area contributed by atoms with Gasteiger partial charge in [0.2, 0.25) is 5.95 Å². The first-order valence-corrected chi connectivity index (χ1v) is 5.45. The van der Waals surface area contributed by atoms with E-state index in [0.29, 0.717) is 17.5 Å². The normalized spacial score (nSPS) is 10.8. The number of anilines is 1. The number of H-pyrrole nitrogens is 1. The first-order chi connectivity index (χ1) is 8.08. The average Bonchev–Trinajstić information content (AvgIpc) is 2.86. The van der Waals surface area contributed by atoms with Crippen LogP contribution < -0.4 is 5.32 Å². The number of nitrogens with one attached hydrogen (secondary N) is 2. The van der Waals surface area contributed by atoms with E-state index in [2.05, 4.69) is 20.5 Å². The van der Waals surface area contributed by atoms with Crippen molar-refractivity contribution in [2.75, 3.05) is 5.32 Å². The number of hydrogen-bond acceptors (Lipinski definition) is 3. The largest absolute Gasteiger partial charge is 0.341 e. The van der Waals surface area contributed by atoms with Gasteiger partial charge in [0.05, 0.1) is 0 Å². The maximum absolute atomic E-state index is 12.0. The van der Waals surface area contributed by atoms with Crippen LogP contribution in [0.1, 0.15) is 36.2 Å². The third-order valence-electron chi connectivity index (χ3n) is 2.39. The second kappa shape index (κ2) is 4.40. The molecule has 0 fully saturated rings. The molecule has 2 N–H and O–H groups in total. The Balaban J connectivity index is 2.17. The van der Waals surface area contributed by atoms with Crippen molar-refractivity contribution in [1.29, 1.82) is 0 Å².